The Bertz CT molecular complexity index is 124. The van der Waals surface area contributed by atoms with Crippen molar-refractivity contribution in [3.8, 4) is 0 Å². The van der Waals surface area contributed by atoms with Crippen LogP contribution in [0.4, 0.5) is 17.6 Å². The molecule has 6 heteroatoms. The van der Waals surface area contributed by atoms with Gasteiger partial charge in [-0.05, 0) is 0 Å². The summed E-state index contributed by atoms with van der Waals surface area (Å²) < 4.78 is 48.5. The van der Waals surface area contributed by atoms with Gasteiger partial charge in [-0.15, -0.1) is 0 Å². The fourth-order valence-electron chi connectivity index (χ4n) is 0.221. The molecule has 0 saturated heterocycles. The van der Waals surface area contributed by atoms with Crippen LogP contribution in [0.5, 0.6) is 0 Å². The van der Waals surface area contributed by atoms with Gasteiger partial charge in [0.15, 0.2) is 13.3 Å². The van der Waals surface area contributed by atoms with Gasteiger partial charge in [-0.25, -0.2) is 13.6 Å². The van der Waals surface area contributed by atoms with Crippen molar-refractivity contribution in [1.82, 2.24) is 0 Å². The third kappa shape index (κ3) is 3.26. The van der Waals surface area contributed by atoms with Gasteiger partial charge in [0, 0.05) is 0 Å². The van der Waals surface area contributed by atoms with Crippen molar-refractivity contribution in [2.75, 3.05) is 13.3 Å². The molecule has 0 radical (unpaired) electrons. The summed E-state index contributed by atoms with van der Waals surface area (Å²) in [5.41, 5.74) is 0. The topological polar surface area (TPSA) is 26.3 Å². The van der Waals surface area contributed by atoms with Crippen LogP contribution in [0, 0.1) is 0 Å². The number of esters is 1. The van der Waals surface area contributed by atoms with Gasteiger partial charge in [0.25, 0.3) is 0 Å². The van der Waals surface area contributed by atoms with Crippen LogP contribution in [-0.2, 0) is 9.53 Å². The van der Waals surface area contributed by atoms with Crippen LogP contribution in [0.3, 0.4) is 0 Å². The first-order chi connectivity index (χ1) is 4.52. The molecule has 60 valence electrons. The number of alkyl halides is 4. The zero-order valence-electron chi connectivity index (χ0n) is 4.74. The van der Waals surface area contributed by atoms with E-state index in [1.165, 1.54) is 0 Å². The Morgan fingerprint density at radius 2 is 1.90 bits per heavy atom. The molecule has 0 aliphatic carbocycles. The first-order valence-corrected chi connectivity index (χ1v) is 2.23. The van der Waals surface area contributed by atoms with Crippen LogP contribution in [0.1, 0.15) is 0 Å². The minimum absolute atomic E-state index is 1.68. The lowest BCUT2D eigenvalue weighted by Crippen LogP contribution is -2.27. The first-order valence-electron chi connectivity index (χ1n) is 2.23. The Kier molecular flexibility index (Phi) is 3.11. The Morgan fingerprint density at radius 3 is 2.20 bits per heavy atom. The largest absolute Gasteiger partial charge is 0.429 e. The quantitative estimate of drug-likeness (QED) is 0.455. The van der Waals surface area contributed by atoms with E-state index in [0.717, 1.165) is 0 Å². The van der Waals surface area contributed by atoms with E-state index in [1.807, 2.05) is 0 Å². The van der Waals surface area contributed by atoms with E-state index in [2.05, 4.69) is 4.74 Å². The van der Waals surface area contributed by atoms with Crippen molar-refractivity contribution >= 4 is 5.97 Å². The van der Waals surface area contributed by atoms with E-state index in [9.17, 15) is 22.4 Å². The molecule has 0 amide bonds. The Morgan fingerprint density at radius 1 is 1.40 bits per heavy atom. The number of carbonyl (C=O) groups excluding carboxylic acids is 1. The maximum atomic E-state index is 11.6. The first kappa shape index (κ1) is 9.19. The highest BCUT2D eigenvalue weighted by molar-refractivity contribution is 5.70. The van der Waals surface area contributed by atoms with Crippen molar-refractivity contribution in [3.63, 3.8) is 0 Å². The monoisotopic (exact) mass is 160 g/mol. The standard InChI is InChI=1S/C4H4F4O2/c5-1-3(9)10-4(7,8)2-6/h1-2H2. The average Bonchev–Trinajstić information content (AvgIpc) is 1.87. The molecule has 0 unspecified atom stereocenters. The minimum Gasteiger partial charge on any atom is -0.397 e. The summed E-state index contributed by atoms with van der Waals surface area (Å²) >= 11 is 0. The second-order valence-corrected chi connectivity index (χ2v) is 1.38. The van der Waals surface area contributed by atoms with Crippen molar-refractivity contribution < 1.29 is 27.1 Å². The summed E-state index contributed by atoms with van der Waals surface area (Å²) in [6.07, 6.45) is -4.19. The second kappa shape index (κ2) is 3.38. The SMILES string of the molecule is O=C(CF)OC(F)(F)CF. The maximum absolute atomic E-state index is 11.6. The molecule has 10 heavy (non-hydrogen) atoms. The van der Waals surface area contributed by atoms with E-state index in [-0.39, 0.29) is 0 Å². The van der Waals surface area contributed by atoms with Gasteiger partial charge in [0.05, 0.1) is 0 Å². The van der Waals surface area contributed by atoms with Crippen molar-refractivity contribution in [2.45, 2.75) is 6.11 Å². The molecule has 0 aromatic carbocycles. The number of halogens is 4. The van der Waals surface area contributed by atoms with Crippen LogP contribution in [0.25, 0.3) is 0 Å². The summed E-state index contributed by atoms with van der Waals surface area (Å²) in [4.78, 5) is 9.74. The molecule has 0 rings (SSSR count). The number of ether oxygens (including phenoxy) is 1. The van der Waals surface area contributed by atoms with Crippen LogP contribution < -0.4 is 0 Å². The third-order valence-corrected chi connectivity index (χ3v) is 0.528. The molecule has 0 aromatic heterocycles. The number of carbonyl (C=O) groups is 1. The fourth-order valence-corrected chi connectivity index (χ4v) is 0.221. The number of hydrogen-bond acceptors (Lipinski definition) is 2. The number of rotatable bonds is 3. The summed E-state index contributed by atoms with van der Waals surface area (Å²) in [7, 11) is 0. The second-order valence-electron chi connectivity index (χ2n) is 1.38. The molecular weight excluding hydrogens is 156 g/mol. The Labute approximate surface area is 53.8 Å². The lowest BCUT2D eigenvalue weighted by atomic mass is 10.7. The van der Waals surface area contributed by atoms with Crippen LogP contribution in [0.2, 0.25) is 0 Å². The van der Waals surface area contributed by atoms with E-state index in [1.54, 1.807) is 0 Å². The van der Waals surface area contributed by atoms with E-state index in [0.29, 0.717) is 0 Å². The Balaban J connectivity index is 3.76. The van der Waals surface area contributed by atoms with Gasteiger partial charge in [0.2, 0.25) is 0 Å². The van der Waals surface area contributed by atoms with E-state index in [4.69, 9.17) is 0 Å². The molecule has 0 heterocycles. The van der Waals surface area contributed by atoms with E-state index < -0.39 is 25.4 Å². The lowest BCUT2D eigenvalue weighted by molar-refractivity contribution is -0.238. The van der Waals surface area contributed by atoms with Crippen molar-refractivity contribution in [3.05, 3.63) is 0 Å². The van der Waals surface area contributed by atoms with Gasteiger partial charge in [-0.2, -0.15) is 8.78 Å². The third-order valence-electron chi connectivity index (χ3n) is 0.528. The minimum atomic E-state index is -4.19. The highest BCUT2D eigenvalue weighted by Crippen LogP contribution is 2.15. The van der Waals surface area contributed by atoms with Gasteiger partial charge in [-0.1, -0.05) is 0 Å². The van der Waals surface area contributed by atoms with Gasteiger partial charge >= 0.3 is 12.1 Å². The average molecular weight is 160 g/mol. The van der Waals surface area contributed by atoms with Gasteiger partial charge in [0.1, 0.15) is 0 Å². The molecule has 0 aliphatic heterocycles. The van der Waals surface area contributed by atoms with Crippen LogP contribution >= 0.6 is 0 Å². The molecule has 2 nitrogen and oxygen atoms in total. The normalized spacial score (nSPS) is 11.2. The highest BCUT2D eigenvalue weighted by Gasteiger charge is 2.33. The summed E-state index contributed by atoms with van der Waals surface area (Å²) in [6, 6.07) is 0. The molecule has 0 aromatic rings. The summed E-state index contributed by atoms with van der Waals surface area (Å²) in [5, 5.41) is 0. The lowest BCUT2D eigenvalue weighted by Gasteiger charge is -2.10. The molecule has 0 aliphatic rings. The predicted molar refractivity (Wildman–Crippen MR) is 23.0 cm³/mol. The molecule has 0 saturated carbocycles. The Hall–Kier alpha value is -0.810. The highest BCUT2D eigenvalue weighted by atomic mass is 19.3. The van der Waals surface area contributed by atoms with Crippen LogP contribution in [0.15, 0.2) is 0 Å². The molecule has 0 atom stereocenters. The van der Waals surface area contributed by atoms with Crippen molar-refractivity contribution in [1.29, 1.82) is 0 Å². The van der Waals surface area contributed by atoms with E-state index >= 15 is 0 Å². The summed E-state index contributed by atoms with van der Waals surface area (Å²) in [6.45, 7) is -3.83. The van der Waals surface area contributed by atoms with Gasteiger partial charge in [-0.3, -0.25) is 0 Å². The molecule has 0 spiro atoms. The van der Waals surface area contributed by atoms with Crippen molar-refractivity contribution in [2.24, 2.45) is 0 Å². The predicted octanol–water partition coefficient (Wildman–Crippen LogP) is 1.06. The molecule has 0 N–H and O–H groups in total. The zero-order valence-corrected chi connectivity index (χ0v) is 4.74. The molecule has 0 bridgehead atoms. The maximum Gasteiger partial charge on any atom is 0.429 e. The molecular formula is C4H4F4O2. The smallest absolute Gasteiger partial charge is 0.397 e. The zero-order chi connectivity index (χ0) is 8.20. The number of hydrogen-bond donors (Lipinski definition) is 0. The summed E-state index contributed by atoms with van der Waals surface area (Å²) in [5.74, 6) is -1.78. The van der Waals surface area contributed by atoms with Crippen LogP contribution in [-0.4, -0.2) is 25.4 Å². The fraction of sp³-hybridized carbons (Fsp3) is 0.750. The van der Waals surface area contributed by atoms with Gasteiger partial charge < -0.3 is 4.74 Å². The molecule has 0 fully saturated rings.